The van der Waals surface area contributed by atoms with Gasteiger partial charge in [-0.3, -0.25) is 10.1 Å². The molecular weight excluding hydrogens is 583 g/mol. The summed E-state index contributed by atoms with van der Waals surface area (Å²) >= 11 is 6.38. The van der Waals surface area contributed by atoms with Crippen LogP contribution in [0, 0.1) is 19.7 Å². The number of aromatic nitrogens is 2. The van der Waals surface area contributed by atoms with Crippen molar-refractivity contribution < 1.29 is 23.8 Å². The van der Waals surface area contributed by atoms with Gasteiger partial charge in [0.25, 0.3) is 0 Å². The van der Waals surface area contributed by atoms with Crippen LogP contribution in [0.4, 0.5) is 10.1 Å². The van der Waals surface area contributed by atoms with Crippen molar-refractivity contribution in [3.63, 3.8) is 0 Å². The zero-order valence-corrected chi connectivity index (χ0v) is 25.6. The van der Waals surface area contributed by atoms with Crippen LogP contribution in [0.1, 0.15) is 53.4 Å². The molecule has 1 amide bonds. The maximum Gasteiger partial charge on any atom is 0.347 e. The summed E-state index contributed by atoms with van der Waals surface area (Å²) < 4.78 is 21.2. The number of para-hydroxylation sites is 1. The summed E-state index contributed by atoms with van der Waals surface area (Å²) in [4.78, 5) is 37.3. The van der Waals surface area contributed by atoms with Gasteiger partial charge >= 0.3 is 12.0 Å². The number of carbonyl (C=O) groups excluding carboxylic acids is 1. The summed E-state index contributed by atoms with van der Waals surface area (Å²) in [7, 11) is 0. The zero-order chi connectivity index (χ0) is 31.4. The van der Waals surface area contributed by atoms with Crippen LogP contribution in [-0.2, 0) is 28.1 Å². The van der Waals surface area contributed by atoms with Crippen molar-refractivity contribution in [2.24, 2.45) is 0 Å². The number of carboxylic acids is 1. The first kappa shape index (κ1) is 31.1. The molecule has 1 aliphatic heterocycles. The van der Waals surface area contributed by atoms with Crippen molar-refractivity contribution in [3.05, 3.63) is 117 Å². The second-order valence-corrected chi connectivity index (χ2v) is 11.3. The predicted molar refractivity (Wildman–Crippen MR) is 166 cm³/mol. The summed E-state index contributed by atoms with van der Waals surface area (Å²) in [5.74, 6) is -2.23. The minimum absolute atomic E-state index is 0.0961. The lowest BCUT2D eigenvalue weighted by molar-refractivity contribution is -0.149. The van der Waals surface area contributed by atoms with Crippen LogP contribution in [0.2, 0.25) is 5.02 Å². The fourth-order valence-corrected chi connectivity index (χ4v) is 5.99. The number of anilines is 1. The van der Waals surface area contributed by atoms with Crippen molar-refractivity contribution >= 4 is 29.2 Å². The lowest BCUT2D eigenvalue weighted by Gasteiger charge is -2.39. The molecule has 10 heteroatoms. The van der Waals surface area contributed by atoms with Gasteiger partial charge in [0.1, 0.15) is 11.4 Å². The normalized spacial score (nSPS) is 17.1. The number of carbonyl (C=O) groups is 2. The Hall–Kier alpha value is -4.34. The van der Waals surface area contributed by atoms with Gasteiger partial charge in [-0.25, -0.2) is 19.2 Å². The molecule has 0 saturated carbocycles. The highest BCUT2D eigenvalue weighted by molar-refractivity contribution is 6.31. The molecule has 0 fully saturated rings. The highest BCUT2D eigenvalue weighted by Crippen LogP contribution is 2.43. The predicted octanol–water partition coefficient (Wildman–Crippen LogP) is 6.14. The molecule has 44 heavy (non-hydrogen) atoms. The first-order valence-electron chi connectivity index (χ1n) is 14.5. The van der Waals surface area contributed by atoms with Crippen LogP contribution in [-0.4, -0.2) is 39.6 Å². The first-order valence-corrected chi connectivity index (χ1v) is 14.9. The number of amides is 1. The number of halogens is 2. The quantitative estimate of drug-likeness (QED) is 0.220. The number of nitrogens with zero attached hydrogens (tertiary/aromatic N) is 3. The molecule has 4 aromatic rings. The second-order valence-electron chi connectivity index (χ2n) is 10.9. The van der Waals surface area contributed by atoms with E-state index in [2.05, 4.69) is 22.2 Å². The summed E-state index contributed by atoms with van der Waals surface area (Å²) in [6, 6.07) is 20.7. The molecule has 3 aromatic carbocycles. The van der Waals surface area contributed by atoms with Crippen LogP contribution in [0.15, 0.2) is 72.8 Å². The van der Waals surface area contributed by atoms with E-state index >= 15 is 0 Å². The molecule has 1 aromatic heterocycles. The Labute approximate surface area is 260 Å². The Morgan fingerprint density at radius 3 is 2.52 bits per heavy atom. The van der Waals surface area contributed by atoms with E-state index in [4.69, 9.17) is 16.3 Å². The van der Waals surface area contributed by atoms with Crippen LogP contribution < -0.4 is 15.0 Å². The molecule has 0 unspecified atom stereocenters. The maximum atomic E-state index is 15.0. The molecule has 8 nitrogen and oxygen atoms in total. The van der Waals surface area contributed by atoms with Gasteiger partial charge in [0.15, 0.2) is 0 Å². The molecular formula is C34H34ClFN4O4. The van der Waals surface area contributed by atoms with E-state index in [0.29, 0.717) is 28.2 Å². The van der Waals surface area contributed by atoms with Gasteiger partial charge in [-0.15, -0.1) is 0 Å². The lowest BCUT2D eigenvalue weighted by atomic mass is 9.76. The largest absolute Gasteiger partial charge is 0.478 e. The van der Waals surface area contributed by atoms with Crippen LogP contribution in [0.5, 0.6) is 6.01 Å². The number of hydrogen-bond acceptors (Lipinski definition) is 6. The van der Waals surface area contributed by atoms with Crippen LogP contribution >= 0.6 is 11.6 Å². The fourth-order valence-electron chi connectivity index (χ4n) is 5.77. The van der Waals surface area contributed by atoms with Gasteiger partial charge in [-0.2, -0.15) is 0 Å². The number of benzene rings is 3. The Morgan fingerprint density at radius 2 is 1.82 bits per heavy atom. The standard InChI is InChI=1S/C34H34ClFN4O4/c1-4-5-10-23-11-8-12-24(18-23)34(31(32(42)43)44-33-38-21(2)17-22(3)39-33)26-13-6-7-16-29(26)40(30(41)19-37-34)20-25-27(35)14-9-15-28(25)36/h6-9,11-18,31,37H,4-5,10,19-20H2,1-3H3,(H,42,43)/t31-,34+/m1/s1. The number of unbranched alkanes of at least 4 members (excludes halogenated alkanes) is 1. The number of aliphatic carboxylic acids is 1. The number of hydrogen-bond donors (Lipinski definition) is 2. The molecule has 2 heterocycles. The topological polar surface area (TPSA) is 105 Å². The number of rotatable bonds is 10. The van der Waals surface area contributed by atoms with Gasteiger partial charge in [0.2, 0.25) is 12.0 Å². The first-order chi connectivity index (χ1) is 21.1. The third-order valence-electron chi connectivity index (χ3n) is 7.82. The Balaban J connectivity index is 1.75. The zero-order valence-electron chi connectivity index (χ0n) is 24.8. The molecule has 228 valence electrons. The van der Waals surface area contributed by atoms with Gasteiger partial charge in [0, 0.05) is 33.2 Å². The Bertz CT molecular complexity index is 1660. The molecule has 0 aliphatic carbocycles. The van der Waals surface area contributed by atoms with E-state index < -0.39 is 29.3 Å². The third-order valence-corrected chi connectivity index (χ3v) is 8.18. The van der Waals surface area contributed by atoms with Crippen LogP contribution in [0.3, 0.4) is 0 Å². The highest BCUT2D eigenvalue weighted by Gasteiger charge is 2.52. The highest BCUT2D eigenvalue weighted by atomic mass is 35.5. The fraction of sp³-hybridized carbons (Fsp3) is 0.294. The molecule has 0 radical (unpaired) electrons. The smallest absolute Gasteiger partial charge is 0.347 e. The molecule has 2 atom stereocenters. The van der Waals surface area contributed by atoms with Gasteiger partial charge < -0.3 is 14.7 Å². The van der Waals surface area contributed by atoms with E-state index in [-0.39, 0.29) is 29.7 Å². The molecule has 0 saturated heterocycles. The van der Waals surface area contributed by atoms with Crippen molar-refractivity contribution in [2.45, 2.75) is 58.2 Å². The van der Waals surface area contributed by atoms with Crippen LogP contribution in [0.25, 0.3) is 0 Å². The Morgan fingerprint density at radius 1 is 1.09 bits per heavy atom. The third kappa shape index (κ3) is 6.16. The number of ether oxygens (including phenoxy) is 1. The average molecular weight is 617 g/mol. The second kappa shape index (κ2) is 13.1. The summed E-state index contributed by atoms with van der Waals surface area (Å²) in [5.41, 5.74) is 2.26. The van der Waals surface area contributed by atoms with E-state index in [9.17, 15) is 19.1 Å². The minimum Gasteiger partial charge on any atom is -0.478 e. The number of nitrogens with one attached hydrogen (secondary N) is 1. The van der Waals surface area contributed by atoms with Crippen molar-refractivity contribution in [3.8, 4) is 6.01 Å². The number of aryl methyl sites for hydroxylation is 3. The van der Waals surface area contributed by atoms with E-state index in [1.54, 1.807) is 50.2 Å². The minimum atomic E-state index is -1.61. The SMILES string of the molecule is CCCCc1cccc([C@]2([C@H](Oc3nc(C)cc(C)n3)C(=O)O)NCC(=O)N(Cc3c(F)cccc3Cl)c3ccccc32)c1. The molecule has 1 aliphatic rings. The van der Waals surface area contributed by atoms with Gasteiger partial charge in [-0.05, 0) is 62.1 Å². The molecule has 2 N–H and O–H groups in total. The van der Waals surface area contributed by atoms with Gasteiger partial charge in [0.05, 0.1) is 13.1 Å². The average Bonchev–Trinajstić information content (AvgIpc) is 3.11. The number of carboxylic acid groups (broad SMARTS) is 1. The van der Waals surface area contributed by atoms with E-state index in [0.717, 1.165) is 24.8 Å². The van der Waals surface area contributed by atoms with E-state index in [1.165, 1.54) is 17.0 Å². The molecule has 0 bridgehead atoms. The number of fused-ring (bicyclic) bond motifs is 1. The summed E-state index contributed by atoms with van der Waals surface area (Å²) in [6.07, 6.45) is 1.11. The summed E-state index contributed by atoms with van der Waals surface area (Å²) in [6.45, 7) is 5.21. The van der Waals surface area contributed by atoms with E-state index in [1.807, 2.05) is 24.3 Å². The lowest BCUT2D eigenvalue weighted by Crippen LogP contribution is -2.58. The maximum absolute atomic E-state index is 15.0. The van der Waals surface area contributed by atoms with Crippen molar-refractivity contribution in [1.82, 2.24) is 15.3 Å². The van der Waals surface area contributed by atoms with Gasteiger partial charge in [-0.1, -0.05) is 73.5 Å². The molecule has 0 spiro atoms. The van der Waals surface area contributed by atoms with Crippen molar-refractivity contribution in [1.29, 1.82) is 0 Å². The van der Waals surface area contributed by atoms with Crippen molar-refractivity contribution in [2.75, 3.05) is 11.4 Å². The molecule has 5 rings (SSSR count). The summed E-state index contributed by atoms with van der Waals surface area (Å²) in [5, 5.41) is 14.3. The monoisotopic (exact) mass is 616 g/mol. The Kier molecular flexibility index (Phi) is 9.27.